The summed E-state index contributed by atoms with van der Waals surface area (Å²) in [5.74, 6) is 3.48. The number of ether oxygens (including phenoxy) is 5. The van der Waals surface area contributed by atoms with E-state index in [4.69, 9.17) is 37.0 Å². The van der Waals surface area contributed by atoms with Crippen molar-refractivity contribution in [1.82, 2.24) is 0 Å². The first-order valence-electron chi connectivity index (χ1n) is 32.8. The van der Waals surface area contributed by atoms with Crippen molar-refractivity contribution >= 4 is 25.0 Å². The second-order valence-electron chi connectivity index (χ2n) is 29.6. The summed E-state index contributed by atoms with van der Waals surface area (Å²) in [6.07, 6.45) is 9.05. The zero-order valence-electron chi connectivity index (χ0n) is 60.0. The second-order valence-corrected chi connectivity index (χ2v) is 44.5. The molecule has 86 heavy (non-hydrogen) atoms. The third-order valence-corrected chi connectivity index (χ3v) is 34.9. The molecule has 3 aromatic rings. The fourth-order valence-electron chi connectivity index (χ4n) is 12.7. The Morgan fingerprint density at radius 2 is 1.07 bits per heavy atom. The predicted molar refractivity (Wildman–Crippen MR) is 373 cm³/mol. The van der Waals surface area contributed by atoms with Gasteiger partial charge in [-0.2, -0.15) is 0 Å². The Balaban J connectivity index is 2.14. The number of aryl methyl sites for hydroxylation is 1. The molecule has 0 aromatic heterocycles. The quantitative estimate of drug-likeness (QED) is 0.0351. The van der Waals surface area contributed by atoms with Gasteiger partial charge in [-0.3, -0.25) is 0 Å². The molecule has 0 aliphatic rings. The van der Waals surface area contributed by atoms with Gasteiger partial charge in [-0.15, -0.1) is 0 Å². The van der Waals surface area contributed by atoms with E-state index in [0.29, 0.717) is 36.3 Å². The molecule has 0 radical (unpaired) electrons. The molecule has 3 rings (SSSR count). The summed E-state index contributed by atoms with van der Waals surface area (Å²) in [5.41, 5.74) is 8.96. The first-order chi connectivity index (χ1) is 39.9. The molecule has 0 amide bonds. The highest BCUT2D eigenvalue weighted by Crippen LogP contribution is 2.47. The van der Waals surface area contributed by atoms with Gasteiger partial charge in [-0.05, 0) is 171 Å². The van der Waals surface area contributed by atoms with Crippen molar-refractivity contribution in [3.63, 3.8) is 0 Å². The van der Waals surface area contributed by atoms with Crippen molar-refractivity contribution in [2.45, 2.75) is 281 Å². The van der Waals surface area contributed by atoms with Gasteiger partial charge >= 0.3 is 0 Å². The molecule has 0 aliphatic heterocycles. The lowest BCUT2D eigenvalue weighted by atomic mass is 9.82. The van der Waals surface area contributed by atoms with Crippen LogP contribution in [-0.4, -0.2) is 81.9 Å². The van der Waals surface area contributed by atoms with E-state index >= 15 is 0 Å². The minimum absolute atomic E-state index is 0.0129. The predicted octanol–water partition coefficient (Wildman–Crippen LogP) is 21.0. The van der Waals surface area contributed by atoms with Crippen molar-refractivity contribution in [1.29, 1.82) is 0 Å². The lowest BCUT2D eigenvalue weighted by Crippen LogP contribution is -2.52. The van der Waals surface area contributed by atoms with E-state index in [0.717, 1.165) is 75.7 Å². The summed E-state index contributed by atoms with van der Waals surface area (Å²) >= 11 is 0. The van der Waals surface area contributed by atoms with Gasteiger partial charge in [-0.1, -0.05) is 178 Å². The molecule has 488 valence electrons. The molecule has 0 bridgehead atoms. The largest absolute Gasteiger partial charge is 0.543 e. The first kappa shape index (κ1) is 76.8. The Labute approximate surface area is 530 Å². The van der Waals surface area contributed by atoms with Gasteiger partial charge in [0.2, 0.25) is 16.6 Å². The van der Waals surface area contributed by atoms with E-state index in [2.05, 4.69) is 233 Å². The fraction of sp³-hybridized carbons (Fsp3) is 0.676. The van der Waals surface area contributed by atoms with Crippen LogP contribution in [0.3, 0.4) is 0 Å². The zero-order valence-corrected chi connectivity index (χ0v) is 63.0. The lowest BCUT2D eigenvalue weighted by molar-refractivity contribution is -0.0613. The maximum atomic E-state index is 12.3. The van der Waals surface area contributed by atoms with Crippen LogP contribution in [0.4, 0.5) is 0 Å². The Bertz CT molecular complexity index is 2560. The van der Waals surface area contributed by atoms with Crippen molar-refractivity contribution in [2.75, 3.05) is 21.3 Å². The van der Waals surface area contributed by atoms with Crippen LogP contribution in [0.5, 0.6) is 23.0 Å². The van der Waals surface area contributed by atoms with E-state index < -0.39 is 31.1 Å². The zero-order chi connectivity index (χ0) is 65.4. The van der Waals surface area contributed by atoms with Gasteiger partial charge in [0.25, 0.3) is 0 Å². The highest BCUT2D eigenvalue weighted by atomic mass is 28.4. The number of methoxy groups -OCH3 is 3. The molecule has 12 heteroatoms. The van der Waals surface area contributed by atoms with E-state index in [1.165, 1.54) is 5.57 Å². The molecule has 0 spiro atoms. The van der Waals surface area contributed by atoms with Crippen molar-refractivity contribution < 1.29 is 42.1 Å². The molecule has 0 fully saturated rings. The van der Waals surface area contributed by atoms with Crippen molar-refractivity contribution in [3.05, 3.63) is 118 Å². The second kappa shape index (κ2) is 33.6. The normalized spacial score (nSPS) is 17.2. The SMILES string of the molecule is CC[C@H](O[Si](C(C)C)(C(C)C)C(C)C)[C@@H](C)[C@H](OCc1ccc(OC)cc1)[C@@H](C)/C=C(\C)C[C@@H](C)[C@@H](OCc1ccc(OC)cc1)[C@@H](C)[C@H](C/C=C(C)/C=C(\C)[C@H](O)[C@@H](CC)c1cc(O[Si](C)(C)C(C)(C)C)c(C)cc1OC)O[Si](C)(C)C(C)(C)C. The standard InChI is InChI=1S/C74H126O9Si3/c1-30-64(65-46-68(54(11)45-69(65)78-25)82-85(28,29)74(20,21)22)70(75)55(12)42-52(9)32-41-67(81-84(26,27)73(17,18)19)59(16)72(80-48-61-35-39-63(77-24)40-36-61)57(14)44-53(10)43-56(13)71(79-47-60-33-37-62(76-23)38-34-60)58(15)66(31-2)83-86(49(3)4,50(5)6)51(7)8/h32-40,42-43,45-46,49-51,56-59,64,66-67,70-72,75H,30-31,41,44,47-48H2,1-29H3/b52-32+,53-43+,55-42+/t56-,57+,58+,59-,64-,66-,67-,70-,71+,72+/m0/s1. The Morgan fingerprint density at radius 1 is 0.593 bits per heavy atom. The van der Waals surface area contributed by atoms with Gasteiger partial charge in [0, 0.05) is 35.3 Å². The highest BCUT2D eigenvalue weighted by molar-refractivity contribution is 6.77. The van der Waals surface area contributed by atoms with Crippen LogP contribution < -0.4 is 18.6 Å². The van der Waals surface area contributed by atoms with E-state index in [-0.39, 0.29) is 64.1 Å². The number of rotatable bonds is 35. The highest BCUT2D eigenvalue weighted by Gasteiger charge is 2.48. The summed E-state index contributed by atoms with van der Waals surface area (Å²) in [4.78, 5) is 0. The lowest BCUT2D eigenvalue weighted by Gasteiger charge is -2.47. The number of aliphatic hydroxyl groups is 1. The van der Waals surface area contributed by atoms with Crippen LogP contribution in [0.1, 0.15) is 199 Å². The first-order valence-corrected chi connectivity index (χ1v) is 40.7. The summed E-state index contributed by atoms with van der Waals surface area (Å²) in [7, 11) is -1.51. The van der Waals surface area contributed by atoms with Gasteiger partial charge in [-0.25, -0.2) is 0 Å². The number of benzene rings is 3. The molecule has 0 unspecified atom stereocenters. The number of hydrogen-bond acceptors (Lipinski definition) is 9. The summed E-state index contributed by atoms with van der Waals surface area (Å²) in [6, 6.07) is 20.7. The molecule has 0 saturated heterocycles. The van der Waals surface area contributed by atoms with E-state index in [9.17, 15) is 5.11 Å². The fourth-order valence-corrected chi connectivity index (χ4v) is 20.9. The van der Waals surface area contributed by atoms with E-state index in [1.807, 2.05) is 24.3 Å². The minimum Gasteiger partial charge on any atom is -0.543 e. The molecule has 10 atom stereocenters. The Morgan fingerprint density at radius 3 is 1.50 bits per heavy atom. The number of aliphatic hydroxyl groups excluding tert-OH is 1. The van der Waals surface area contributed by atoms with Gasteiger partial charge in [0.05, 0.1) is 59.0 Å². The van der Waals surface area contributed by atoms with Gasteiger partial charge in [0.15, 0.2) is 8.32 Å². The average molecular weight is 1240 g/mol. The minimum atomic E-state index is -2.31. The van der Waals surface area contributed by atoms with Crippen LogP contribution in [-0.2, 0) is 31.5 Å². The molecule has 1 N–H and O–H groups in total. The molecular weight excluding hydrogens is 1120 g/mol. The van der Waals surface area contributed by atoms with Gasteiger partial charge < -0.3 is 42.1 Å². The third kappa shape index (κ3) is 20.8. The molecule has 0 heterocycles. The summed E-state index contributed by atoms with van der Waals surface area (Å²) < 4.78 is 53.6. The number of allylic oxidation sites excluding steroid dienone is 3. The topological polar surface area (TPSA) is 94.1 Å². The summed E-state index contributed by atoms with van der Waals surface area (Å²) in [6.45, 7) is 60.7. The van der Waals surface area contributed by atoms with Gasteiger partial charge in [0.1, 0.15) is 23.0 Å². The molecule has 9 nitrogen and oxygen atoms in total. The number of hydrogen-bond donors (Lipinski definition) is 1. The Hall–Kier alpha value is -3.47. The van der Waals surface area contributed by atoms with Crippen LogP contribution in [0, 0.1) is 30.6 Å². The maximum Gasteiger partial charge on any atom is 0.250 e. The Kier molecular flexibility index (Phi) is 30.0. The molecule has 3 aromatic carbocycles. The smallest absolute Gasteiger partial charge is 0.250 e. The summed E-state index contributed by atoms with van der Waals surface area (Å²) in [5, 5.41) is 12.3. The molecular formula is C74H126O9Si3. The third-order valence-electron chi connectivity index (χ3n) is 19.9. The van der Waals surface area contributed by atoms with Crippen LogP contribution >= 0.6 is 0 Å². The van der Waals surface area contributed by atoms with E-state index in [1.54, 1.807) is 21.3 Å². The van der Waals surface area contributed by atoms with Crippen LogP contribution in [0.25, 0.3) is 0 Å². The van der Waals surface area contributed by atoms with Crippen molar-refractivity contribution in [3.8, 4) is 23.0 Å². The average Bonchev–Trinajstić information content (AvgIpc) is 1.10. The molecule has 0 saturated carbocycles. The monoisotopic (exact) mass is 1240 g/mol. The maximum absolute atomic E-state index is 12.3. The van der Waals surface area contributed by atoms with Crippen molar-refractivity contribution in [2.24, 2.45) is 23.7 Å². The van der Waals surface area contributed by atoms with Crippen LogP contribution in [0.15, 0.2) is 95.6 Å². The van der Waals surface area contributed by atoms with Crippen LogP contribution in [0.2, 0.25) is 52.9 Å². The molecule has 0 aliphatic carbocycles.